The second-order valence-corrected chi connectivity index (χ2v) is 4.53. The van der Waals surface area contributed by atoms with Crippen molar-refractivity contribution in [2.45, 2.75) is 25.9 Å². The maximum Gasteiger partial charge on any atom is 0.143 e. The Kier molecular flexibility index (Phi) is 2.14. The van der Waals surface area contributed by atoms with Crippen molar-refractivity contribution in [1.82, 2.24) is 4.57 Å². The summed E-state index contributed by atoms with van der Waals surface area (Å²) in [4.78, 5) is 0. The van der Waals surface area contributed by atoms with E-state index >= 15 is 0 Å². The van der Waals surface area contributed by atoms with Crippen LogP contribution < -0.4 is 10.5 Å². The topological polar surface area (TPSA) is 40.2 Å². The standard InChI is InChI=1S/C13H16N2O/c1-9(14)7-10-8-15-5-6-16-12-4-2-3-11(10)13(12)15/h2-4,8-9H,5-7,14H2,1H3/t9-/m1/s1. The minimum Gasteiger partial charge on any atom is -0.490 e. The number of aromatic nitrogens is 1. The molecular weight excluding hydrogens is 200 g/mol. The fraction of sp³-hybridized carbons (Fsp3) is 0.385. The Bertz CT molecular complexity index is 528. The molecule has 0 amide bonds. The van der Waals surface area contributed by atoms with Gasteiger partial charge in [-0.3, -0.25) is 0 Å². The summed E-state index contributed by atoms with van der Waals surface area (Å²) in [5, 5.41) is 1.29. The lowest BCUT2D eigenvalue weighted by Gasteiger charge is -2.16. The van der Waals surface area contributed by atoms with E-state index in [1.165, 1.54) is 16.5 Å². The molecule has 0 saturated heterocycles. The number of ether oxygens (including phenoxy) is 1. The fourth-order valence-electron chi connectivity index (χ4n) is 2.46. The third-order valence-corrected chi connectivity index (χ3v) is 3.08. The predicted molar refractivity (Wildman–Crippen MR) is 64.8 cm³/mol. The first-order chi connectivity index (χ1) is 7.75. The van der Waals surface area contributed by atoms with Crippen molar-refractivity contribution in [3.05, 3.63) is 30.0 Å². The number of para-hydroxylation sites is 1. The van der Waals surface area contributed by atoms with Gasteiger partial charge in [-0.15, -0.1) is 0 Å². The van der Waals surface area contributed by atoms with Gasteiger partial charge in [0.1, 0.15) is 12.4 Å². The molecule has 3 rings (SSSR count). The van der Waals surface area contributed by atoms with Crippen molar-refractivity contribution in [3.63, 3.8) is 0 Å². The molecule has 1 aromatic carbocycles. The molecule has 3 heteroatoms. The maximum atomic E-state index is 5.88. The SMILES string of the molecule is C[C@@H](N)Cc1cn2c3c(cccc13)OCC2. The van der Waals surface area contributed by atoms with E-state index in [9.17, 15) is 0 Å². The Balaban J connectivity index is 2.22. The average molecular weight is 216 g/mol. The third kappa shape index (κ3) is 1.39. The third-order valence-electron chi connectivity index (χ3n) is 3.08. The van der Waals surface area contributed by atoms with Gasteiger partial charge in [0, 0.05) is 17.6 Å². The summed E-state index contributed by atoms with van der Waals surface area (Å²) in [7, 11) is 0. The van der Waals surface area contributed by atoms with Crippen LogP contribution in [0, 0.1) is 0 Å². The molecule has 3 nitrogen and oxygen atoms in total. The molecule has 0 fully saturated rings. The van der Waals surface area contributed by atoms with Gasteiger partial charge in [-0.05, 0) is 25.0 Å². The first kappa shape index (κ1) is 9.73. The van der Waals surface area contributed by atoms with Crippen LogP contribution in [-0.4, -0.2) is 17.2 Å². The van der Waals surface area contributed by atoms with Crippen molar-refractivity contribution >= 4 is 10.9 Å². The van der Waals surface area contributed by atoms with Crippen molar-refractivity contribution in [3.8, 4) is 5.75 Å². The van der Waals surface area contributed by atoms with Crippen LogP contribution in [0.4, 0.5) is 0 Å². The Morgan fingerprint density at radius 1 is 1.50 bits per heavy atom. The van der Waals surface area contributed by atoms with E-state index in [0.29, 0.717) is 0 Å². The van der Waals surface area contributed by atoms with E-state index in [0.717, 1.165) is 25.3 Å². The van der Waals surface area contributed by atoms with E-state index < -0.39 is 0 Å². The fourth-order valence-corrected chi connectivity index (χ4v) is 2.46. The lowest BCUT2D eigenvalue weighted by Crippen LogP contribution is -2.17. The molecule has 2 aromatic rings. The van der Waals surface area contributed by atoms with Gasteiger partial charge in [0.15, 0.2) is 0 Å². The van der Waals surface area contributed by atoms with Crippen LogP contribution in [0.15, 0.2) is 24.4 Å². The summed E-state index contributed by atoms with van der Waals surface area (Å²) < 4.78 is 7.95. The lowest BCUT2D eigenvalue weighted by molar-refractivity contribution is 0.287. The van der Waals surface area contributed by atoms with Gasteiger partial charge in [0.25, 0.3) is 0 Å². The van der Waals surface area contributed by atoms with Crippen LogP contribution >= 0.6 is 0 Å². The highest BCUT2D eigenvalue weighted by atomic mass is 16.5. The molecule has 1 aliphatic rings. The molecule has 0 bridgehead atoms. The van der Waals surface area contributed by atoms with Gasteiger partial charge in [0.05, 0.1) is 12.1 Å². The maximum absolute atomic E-state index is 5.88. The van der Waals surface area contributed by atoms with E-state index in [-0.39, 0.29) is 6.04 Å². The van der Waals surface area contributed by atoms with E-state index in [4.69, 9.17) is 10.5 Å². The van der Waals surface area contributed by atoms with Gasteiger partial charge in [-0.1, -0.05) is 12.1 Å². The first-order valence-electron chi connectivity index (χ1n) is 5.75. The van der Waals surface area contributed by atoms with E-state index in [1.807, 2.05) is 13.0 Å². The van der Waals surface area contributed by atoms with Crippen LogP contribution in [0.2, 0.25) is 0 Å². The molecule has 16 heavy (non-hydrogen) atoms. The number of nitrogens with two attached hydrogens (primary N) is 1. The molecule has 0 aliphatic carbocycles. The minimum absolute atomic E-state index is 0.198. The Hall–Kier alpha value is -1.48. The predicted octanol–water partition coefficient (Wildman–Crippen LogP) is 1.92. The van der Waals surface area contributed by atoms with E-state index in [2.05, 4.69) is 22.9 Å². The summed E-state index contributed by atoms with van der Waals surface area (Å²) in [6.45, 7) is 3.74. The molecule has 1 aromatic heterocycles. The van der Waals surface area contributed by atoms with Gasteiger partial charge < -0.3 is 15.0 Å². The van der Waals surface area contributed by atoms with Crippen LogP contribution in [-0.2, 0) is 13.0 Å². The second-order valence-electron chi connectivity index (χ2n) is 4.53. The minimum atomic E-state index is 0.198. The highest BCUT2D eigenvalue weighted by molar-refractivity contribution is 5.89. The zero-order valence-corrected chi connectivity index (χ0v) is 9.44. The lowest BCUT2D eigenvalue weighted by atomic mass is 10.1. The summed E-state index contributed by atoms with van der Waals surface area (Å²) in [6.07, 6.45) is 3.15. The largest absolute Gasteiger partial charge is 0.490 e. The van der Waals surface area contributed by atoms with Gasteiger partial charge in [0.2, 0.25) is 0 Å². The molecule has 0 unspecified atom stereocenters. The van der Waals surface area contributed by atoms with Crippen LogP contribution in [0.3, 0.4) is 0 Å². The van der Waals surface area contributed by atoms with Crippen LogP contribution in [0.25, 0.3) is 10.9 Å². The number of benzene rings is 1. The Morgan fingerprint density at radius 3 is 3.19 bits per heavy atom. The van der Waals surface area contributed by atoms with Gasteiger partial charge in [-0.25, -0.2) is 0 Å². The van der Waals surface area contributed by atoms with Crippen LogP contribution in [0.5, 0.6) is 5.75 Å². The van der Waals surface area contributed by atoms with Gasteiger partial charge >= 0.3 is 0 Å². The van der Waals surface area contributed by atoms with Crippen molar-refractivity contribution < 1.29 is 4.74 Å². The summed E-state index contributed by atoms with van der Waals surface area (Å²) in [5.74, 6) is 1.000. The highest BCUT2D eigenvalue weighted by Gasteiger charge is 2.16. The molecular formula is C13H16N2O. The monoisotopic (exact) mass is 216 g/mol. The molecule has 0 radical (unpaired) electrons. The molecule has 84 valence electrons. The highest BCUT2D eigenvalue weighted by Crippen LogP contribution is 2.32. The van der Waals surface area contributed by atoms with Gasteiger partial charge in [-0.2, -0.15) is 0 Å². The molecule has 2 N–H and O–H groups in total. The summed E-state index contributed by atoms with van der Waals surface area (Å²) >= 11 is 0. The molecule has 0 saturated carbocycles. The smallest absolute Gasteiger partial charge is 0.143 e. The molecule has 1 atom stereocenters. The average Bonchev–Trinajstić information content (AvgIpc) is 2.59. The Labute approximate surface area is 94.8 Å². The zero-order valence-electron chi connectivity index (χ0n) is 9.44. The quantitative estimate of drug-likeness (QED) is 0.833. The number of nitrogens with zero attached hydrogens (tertiary/aromatic N) is 1. The number of hydrogen-bond acceptors (Lipinski definition) is 2. The van der Waals surface area contributed by atoms with E-state index in [1.54, 1.807) is 0 Å². The number of rotatable bonds is 2. The van der Waals surface area contributed by atoms with Crippen molar-refractivity contribution in [2.24, 2.45) is 5.73 Å². The molecule has 1 aliphatic heterocycles. The van der Waals surface area contributed by atoms with Crippen LogP contribution in [0.1, 0.15) is 12.5 Å². The van der Waals surface area contributed by atoms with Crippen molar-refractivity contribution in [1.29, 1.82) is 0 Å². The number of hydrogen-bond donors (Lipinski definition) is 1. The van der Waals surface area contributed by atoms with Crippen molar-refractivity contribution in [2.75, 3.05) is 6.61 Å². The second kappa shape index (κ2) is 3.52. The molecule has 2 heterocycles. The normalized spacial score (nSPS) is 16.1. The zero-order chi connectivity index (χ0) is 11.1. The first-order valence-corrected chi connectivity index (χ1v) is 5.75. The summed E-state index contributed by atoms with van der Waals surface area (Å²) in [6, 6.07) is 6.44. The summed E-state index contributed by atoms with van der Waals surface area (Å²) in [5.41, 5.74) is 8.44. The molecule has 0 spiro atoms. The Morgan fingerprint density at radius 2 is 2.38 bits per heavy atom.